The molecule has 1 heterocycles. The van der Waals surface area contributed by atoms with Gasteiger partial charge in [0, 0.05) is 19.2 Å². The van der Waals surface area contributed by atoms with Crippen molar-refractivity contribution in [2.24, 2.45) is 11.1 Å². The summed E-state index contributed by atoms with van der Waals surface area (Å²) in [5.74, 6) is -0.873. The van der Waals surface area contributed by atoms with Gasteiger partial charge < -0.3 is 10.8 Å². The summed E-state index contributed by atoms with van der Waals surface area (Å²) >= 11 is 0. The molecule has 3 N–H and O–H groups in total. The van der Waals surface area contributed by atoms with Crippen molar-refractivity contribution in [1.29, 1.82) is 0 Å². The highest BCUT2D eigenvalue weighted by atomic mass is 16.4. The molecule has 0 aliphatic carbocycles. The molecule has 0 amide bonds. The van der Waals surface area contributed by atoms with E-state index in [4.69, 9.17) is 5.73 Å². The molecule has 1 aromatic rings. The van der Waals surface area contributed by atoms with E-state index in [0.29, 0.717) is 12.5 Å². The number of aliphatic carboxylic acids is 1. The van der Waals surface area contributed by atoms with Crippen LogP contribution in [-0.4, -0.2) is 27.4 Å². The molecule has 0 aliphatic rings. The van der Waals surface area contributed by atoms with Crippen LogP contribution in [0.5, 0.6) is 0 Å². The van der Waals surface area contributed by atoms with Gasteiger partial charge in [-0.15, -0.1) is 0 Å². The van der Waals surface area contributed by atoms with Crippen molar-refractivity contribution < 1.29 is 9.90 Å². The number of hydrogen-bond acceptors (Lipinski definition) is 3. The predicted molar refractivity (Wildman–Crippen MR) is 70.3 cm³/mol. The molecule has 5 heteroatoms. The SMILES string of the molecule is CCC(CC)n1ccc(CC(C)(CN)C(=O)O)n1. The first-order valence-electron chi connectivity index (χ1n) is 6.44. The Hall–Kier alpha value is -1.36. The molecule has 0 radical (unpaired) electrons. The lowest BCUT2D eigenvalue weighted by atomic mass is 9.86. The van der Waals surface area contributed by atoms with Crippen LogP contribution < -0.4 is 5.73 Å². The molecular weight excluding hydrogens is 230 g/mol. The molecule has 0 aliphatic heterocycles. The van der Waals surface area contributed by atoms with Crippen molar-refractivity contribution in [3.63, 3.8) is 0 Å². The van der Waals surface area contributed by atoms with Crippen molar-refractivity contribution >= 4 is 5.97 Å². The number of rotatable bonds is 7. The van der Waals surface area contributed by atoms with E-state index in [9.17, 15) is 9.90 Å². The first kappa shape index (κ1) is 14.7. The van der Waals surface area contributed by atoms with E-state index in [1.807, 2.05) is 16.9 Å². The maximum absolute atomic E-state index is 11.2. The van der Waals surface area contributed by atoms with E-state index in [2.05, 4.69) is 18.9 Å². The van der Waals surface area contributed by atoms with Gasteiger partial charge in [-0.3, -0.25) is 9.48 Å². The van der Waals surface area contributed by atoms with Crippen molar-refractivity contribution in [2.75, 3.05) is 6.54 Å². The summed E-state index contributed by atoms with van der Waals surface area (Å²) in [6.07, 6.45) is 4.33. The fraction of sp³-hybridized carbons (Fsp3) is 0.692. The Bertz CT molecular complexity index is 399. The van der Waals surface area contributed by atoms with Gasteiger partial charge in [-0.05, 0) is 25.8 Å². The van der Waals surface area contributed by atoms with Crippen LogP contribution in [0.15, 0.2) is 12.3 Å². The molecular formula is C13H23N3O2. The lowest BCUT2D eigenvalue weighted by Gasteiger charge is -2.21. The third kappa shape index (κ3) is 3.10. The molecule has 0 aromatic carbocycles. The Kier molecular flexibility index (Phi) is 4.90. The van der Waals surface area contributed by atoms with Gasteiger partial charge in [-0.25, -0.2) is 0 Å². The Morgan fingerprint density at radius 1 is 1.56 bits per heavy atom. The van der Waals surface area contributed by atoms with Crippen molar-refractivity contribution in [3.8, 4) is 0 Å². The number of carboxylic acid groups (broad SMARTS) is 1. The fourth-order valence-corrected chi connectivity index (χ4v) is 1.97. The minimum Gasteiger partial charge on any atom is -0.481 e. The van der Waals surface area contributed by atoms with Crippen LogP contribution in [0.4, 0.5) is 0 Å². The zero-order chi connectivity index (χ0) is 13.8. The van der Waals surface area contributed by atoms with E-state index in [-0.39, 0.29) is 6.54 Å². The second kappa shape index (κ2) is 6.00. The minimum absolute atomic E-state index is 0.111. The summed E-state index contributed by atoms with van der Waals surface area (Å²) in [5.41, 5.74) is 5.41. The van der Waals surface area contributed by atoms with Crippen LogP contribution in [0.2, 0.25) is 0 Å². The molecule has 0 spiro atoms. The van der Waals surface area contributed by atoms with Gasteiger partial charge in [0.25, 0.3) is 0 Å². The maximum Gasteiger partial charge on any atom is 0.311 e. The summed E-state index contributed by atoms with van der Waals surface area (Å²) in [6.45, 7) is 6.01. The molecule has 0 saturated heterocycles. The van der Waals surface area contributed by atoms with E-state index in [1.165, 1.54) is 0 Å². The summed E-state index contributed by atoms with van der Waals surface area (Å²) in [6, 6.07) is 2.27. The number of aromatic nitrogens is 2. The summed E-state index contributed by atoms with van der Waals surface area (Å²) in [7, 11) is 0. The molecule has 1 aromatic heterocycles. The van der Waals surface area contributed by atoms with Crippen molar-refractivity contribution in [3.05, 3.63) is 18.0 Å². The monoisotopic (exact) mass is 253 g/mol. The second-order valence-corrected chi connectivity index (χ2v) is 5.00. The lowest BCUT2D eigenvalue weighted by Crippen LogP contribution is -2.37. The predicted octanol–water partition coefficient (Wildman–Crippen LogP) is 1.84. The van der Waals surface area contributed by atoms with Gasteiger partial charge in [0.2, 0.25) is 0 Å². The van der Waals surface area contributed by atoms with Gasteiger partial charge in [0.15, 0.2) is 0 Å². The Balaban J connectivity index is 2.83. The molecule has 18 heavy (non-hydrogen) atoms. The number of carbonyl (C=O) groups is 1. The average Bonchev–Trinajstić information content (AvgIpc) is 2.78. The van der Waals surface area contributed by atoms with Crippen LogP contribution in [-0.2, 0) is 11.2 Å². The number of nitrogens with two attached hydrogens (primary N) is 1. The van der Waals surface area contributed by atoms with Crippen LogP contribution in [0, 0.1) is 5.41 Å². The highest BCUT2D eigenvalue weighted by Crippen LogP contribution is 2.22. The molecule has 102 valence electrons. The van der Waals surface area contributed by atoms with Gasteiger partial charge in [-0.1, -0.05) is 13.8 Å². The number of carboxylic acids is 1. The largest absolute Gasteiger partial charge is 0.481 e. The van der Waals surface area contributed by atoms with E-state index in [0.717, 1.165) is 18.5 Å². The first-order chi connectivity index (χ1) is 8.46. The van der Waals surface area contributed by atoms with Crippen molar-refractivity contribution in [1.82, 2.24) is 9.78 Å². The molecule has 1 atom stereocenters. The van der Waals surface area contributed by atoms with Crippen LogP contribution in [0.1, 0.15) is 45.3 Å². The van der Waals surface area contributed by atoms with E-state index in [1.54, 1.807) is 6.92 Å². The molecule has 0 bridgehead atoms. The third-order valence-corrected chi connectivity index (χ3v) is 3.52. The maximum atomic E-state index is 11.2. The Morgan fingerprint density at radius 2 is 2.17 bits per heavy atom. The second-order valence-electron chi connectivity index (χ2n) is 5.00. The number of nitrogens with zero attached hydrogens (tertiary/aromatic N) is 2. The summed E-state index contributed by atoms with van der Waals surface area (Å²) in [5, 5.41) is 13.7. The van der Waals surface area contributed by atoms with Gasteiger partial charge in [0.1, 0.15) is 0 Å². The summed E-state index contributed by atoms with van der Waals surface area (Å²) in [4.78, 5) is 11.2. The zero-order valence-corrected chi connectivity index (χ0v) is 11.4. The van der Waals surface area contributed by atoms with Gasteiger partial charge >= 0.3 is 5.97 Å². The number of hydrogen-bond donors (Lipinski definition) is 2. The molecule has 5 nitrogen and oxygen atoms in total. The highest BCUT2D eigenvalue weighted by molar-refractivity contribution is 5.74. The molecule has 0 saturated carbocycles. The quantitative estimate of drug-likeness (QED) is 0.777. The van der Waals surface area contributed by atoms with Crippen LogP contribution >= 0.6 is 0 Å². The highest BCUT2D eigenvalue weighted by Gasteiger charge is 2.32. The first-order valence-corrected chi connectivity index (χ1v) is 6.44. The lowest BCUT2D eigenvalue weighted by molar-refractivity contribution is -0.147. The Labute approximate surface area is 108 Å². The summed E-state index contributed by atoms with van der Waals surface area (Å²) < 4.78 is 1.92. The van der Waals surface area contributed by atoms with E-state index >= 15 is 0 Å². The standard InChI is InChI=1S/C13H23N3O2/c1-4-11(5-2)16-7-6-10(15-16)8-13(3,9-14)12(17)18/h6-7,11H,4-5,8-9,14H2,1-3H3,(H,17,18). The fourth-order valence-electron chi connectivity index (χ4n) is 1.97. The van der Waals surface area contributed by atoms with E-state index < -0.39 is 11.4 Å². The van der Waals surface area contributed by atoms with Gasteiger partial charge in [-0.2, -0.15) is 5.10 Å². The smallest absolute Gasteiger partial charge is 0.311 e. The normalized spacial score (nSPS) is 14.7. The van der Waals surface area contributed by atoms with Crippen LogP contribution in [0.3, 0.4) is 0 Å². The topological polar surface area (TPSA) is 81.1 Å². The van der Waals surface area contributed by atoms with Crippen molar-refractivity contribution in [2.45, 2.75) is 46.1 Å². The van der Waals surface area contributed by atoms with Gasteiger partial charge in [0.05, 0.1) is 17.2 Å². The molecule has 0 fully saturated rings. The average molecular weight is 253 g/mol. The third-order valence-electron chi connectivity index (χ3n) is 3.52. The molecule has 1 rings (SSSR count). The van der Waals surface area contributed by atoms with Crippen LogP contribution in [0.25, 0.3) is 0 Å². The minimum atomic E-state index is -0.937. The Morgan fingerprint density at radius 3 is 2.61 bits per heavy atom. The zero-order valence-electron chi connectivity index (χ0n) is 11.4. The molecule has 1 unspecified atom stereocenters.